The first-order chi connectivity index (χ1) is 11.7. The maximum atomic E-state index is 11.6. The minimum Gasteiger partial charge on any atom is -0.455 e. The first-order valence-electron chi connectivity index (χ1n) is 9.17. The van der Waals surface area contributed by atoms with Gasteiger partial charge in [-0.1, -0.05) is 47.1 Å². The predicted octanol–water partition coefficient (Wildman–Crippen LogP) is 6.86. The fraction of sp³-hybridized carbons (Fsp3) is 0.522. The van der Waals surface area contributed by atoms with Gasteiger partial charge in [0.05, 0.1) is 0 Å². The highest BCUT2D eigenvalue weighted by Crippen LogP contribution is 2.14. The zero-order chi connectivity index (χ0) is 19.2. The van der Waals surface area contributed by atoms with E-state index in [-0.39, 0.29) is 12.1 Å². The molecule has 0 amide bonds. The van der Waals surface area contributed by atoms with E-state index in [9.17, 15) is 4.79 Å². The Morgan fingerprint density at radius 1 is 0.880 bits per heavy atom. The SMILES string of the molecule is C=CC(=O)OC(/C=C(\C)CCC=C(C)C)C/C=C(\C)CCC=C(C)C. The summed E-state index contributed by atoms with van der Waals surface area (Å²) in [7, 11) is 0. The molecule has 2 nitrogen and oxygen atoms in total. The van der Waals surface area contributed by atoms with Gasteiger partial charge in [-0.15, -0.1) is 0 Å². The van der Waals surface area contributed by atoms with Gasteiger partial charge in [-0.25, -0.2) is 4.79 Å². The Bertz CT molecular complexity index is 536. The number of rotatable bonds is 11. The lowest BCUT2D eigenvalue weighted by Crippen LogP contribution is -2.14. The van der Waals surface area contributed by atoms with Crippen LogP contribution in [0.15, 0.2) is 59.3 Å². The zero-order valence-electron chi connectivity index (χ0n) is 17.0. The van der Waals surface area contributed by atoms with Gasteiger partial charge in [-0.3, -0.25) is 0 Å². The molecule has 140 valence electrons. The Morgan fingerprint density at radius 2 is 1.40 bits per heavy atom. The average Bonchev–Trinajstić information content (AvgIpc) is 2.51. The summed E-state index contributed by atoms with van der Waals surface area (Å²) in [6.45, 7) is 16.2. The molecule has 2 heteroatoms. The van der Waals surface area contributed by atoms with Crippen molar-refractivity contribution in [3.05, 3.63) is 59.3 Å². The van der Waals surface area contributed by atoms with E-state index in [2.05, 4.69) is 72.4 Å². The Balaban J connectivity index is 4.81. The van der Waals surface area contributed by atoms with Crippen LogP contribution in [0, 0.1) is 0 Å². The van der Waals surface area contributed by atoms with E-state index in [1.54, 1.807) is 0 Å². The van der Waals surface area contributed by atoms with Crippen molar-refractivity contribution in [2.24, 2.45) is 0 Å². The van der Waals surface area contributed by atoms with Crippen molar-refractivity contribution < 1.29 is 9.53 Å². The Hall–Kier alpha value is -1.83. The second kappa shape index (κ2) is 13.5. The van der Waals surface area contributed by atoms with Crippen molar-refractivity contribution in [1.82, 2.24) is 0 Å². The predicted molar refractivity (Wildman–Crippen MR) is 110 cm³/mol. The second-order valence-corrected chi connectivity index (χ2v) is 7.12. The smallest absolute Gasteiger partial charge is 0.330 e. The molecule has 0 bridgehead atoms. The van der Waals surface area contributed by atoms with Crippen LogP contribution >= 0.6 is 0 Å². The number of allylic oxidation sites excluding steroid dienone is 6. The van der Waals surface area contributed by atoms with E-state index < -0.39 is 0 Å². The Morgan fingerprint density at radius 3 is 1.88 bits per heavy atom. The summed E-state index contributed by atoms with van der Waals surface area (Å²) < 4.78 is 5.49. The van der Waals surface area contributed by atoms with Crippen LogP contribution in [0.25, 0.3) is 0 Å². The zero-order valence-corrected chi connectivity index (χ0v) is 17.0. The molecule has 0 aromatic heterocycles. The number of hydrogen-bond acceptors (Lipinski definition) is 2. The molecular weight excluding hydrogens is 308 g/mol. The van der Waals surface area contributed by atoms with E-state index in [1.165, 1.54) is 28.4 Å². The van der Waals surface area contributed by atoms with Gasteiger partial charge < -0.3 is 4.74 Å². The molecule has 0 N–H and O–H groups in total. The van der Waals surface area contributed by atoms with Gasteiger partial charge in [0, 0.05) is 12.5 Å². The van der Waals surface area contributed by atoms with Crippen molar-refractivity contribution in [3.8, 4) is 0 Å². The quantitative estimate of drug-likeness (QED) is 0.232. The molecule has 1 atom stereocenters. The summed E-state index contributed by atoms with van der Waals surface area (Å²) in [4.78, 5) is 11.6. The maximum Gasteiger partial charge on any atom is 0.330 e. The molecule has 0 fully saturated rings. The second-order valence-electron chi connectivity index (χ2n) is 7.12. The average molecular weight is 345 g/mol. The highest BCUT2D eigenvalue weighted by atomic mass is 16.5. The molecule has 0 heterocycles. The van der Waals surface area contributed by atoms with Crippen LogP contribution in [0.3, 0.4) is 0 Å². The number of esters is 1. The molecule has 0 aliphatic heterocycles. The molecule has 0 radical (unpaired) electrons. The van der Waals surface area contributed by atoms with Gasteiger partial charge >= 0.3 is 5.97 Å². The molecule has 0 saturated heterocycles. The van der Waals surface area contributed by atoms with Crippen molar-refractivity contribution >= 4 is 5.97 Å². The lowest BCUT2D eigenvalue weighted by Gasteiger charge is -2.13. The number of carbonyl (C=O) groups excluding carboxylic acids is 1. The van der Waals surface area contributed by atoms with Crippen LogP contribution in [0.2, 0.25) is 0 Å². The molecule has 0 aliphatic rings. The highest BCUT2D eigenvalue weighted by molar-refractivity contribution is 5.81. The normalized spacial score (nSPS) is 13.0. The maximum absolute atomic E-state index is 11.6. The lowest BCUT2D eigenvalue weighted by atomic mass is 10.0. The number of hydrogen-bond donors (Lipinski definition) is 0. The van der Waals surface area contributed by atoms with Gasteiger partial charge in [0.2, 0.25) is 0 Å². The van der Waals surface area contributed by atoms with Crippen LogP contribution in [0.5, 0.6) is 0 Å². The van der Waals surface area contributed by atoms with Crippen LogP contribution < -0.4 is 0 Å². The van der Waals surface area contributed by atoms with E-state index >= 15 is 0 Å². The van der Waals surface area contributed by atoms with Crippen LogP contribution in [0.1, 0.15) is 73.6 Å². The third kappa shape index (κ3) is 14.2. The third-order valence-electron chi connectivity index (χ3n) is 3.79. The summed E-state index contributed by atoms with van der Waals surface area (Å²) in [6.07, 6.45) is 14.5. The van der Waals surface area contributed by atoms with Crippen LogP contribution in [0.4, 0.5) is 0 Å². The van der Waals surface area contributed by atoms with Crippen molar-refractivity contribution in [2.75, 3.05) is 0 Å². The Kier molecular flexibility index (Phi) is 12.5. The fourth-order valence-electron chi connectivity index (χ4n) is 2.34. The highest BCUT2D eigenvalue weighted by Gasteiger charge is 2.09. The summed E-state index contributed by atoms with van der Waals surface area (Å²) in [6, 6.07) is 0. The number of ether oxygens (including phenoxy) is 1. The minimum absolute atomic E-state index is 0.226. The molecule has 25 heavy (non-hydrogen) atoms. The summed E-state index contributed by atoms with van der Waals surface area (Å²) in [5, 5.41) is 0. The molecule has 0 rings (SSSR count). The van der Waals surface area contributed by atoms with Gasteiger partial charge in [-0.2, -0.15) is 0 Å². The molecular formula is C23H36O2. The topological polar surface area (TPSA) is 26.3 Å². The fourth-order valence-corrected chi connectivity index (χ4v) is 2.34. The van der Waals surface area contributed by atoms with Gasteiger partial charge in [-0.05, 0) is 73.3 Å². The lowest BCUT2D eigenvalue weighted by molar-refractivity contribution is -0.140. The molecule has 0 spiro atoms. The van der Waals surface area contributed by atoms with E-state index in [0.717, 1.165) is 25.7 Å². The minimum atomic E-state index is -0.367. The van der Waals surface area contributed by atoms with Crippen LogP contribution in [-0.2, 0) is 9.53 Å². The molecule has 0 aromatic rings. The largest absolute Gasteiger partial charge is 0.455 e. The first-order valence-corrected chi connectivity index (χ1v) is 9.17. The van der Waals surface area contributed by atoms with Crippen molar-refractivity contribution in [1.29, 1.82) is 0 Å². The van der Waals surface area contributed by atoms with E-state index in [0.29, 0.717) is 6.42 Å². The van der Waals surface area contributed by atoms with Gasteiger partial charge in [0.25, 0.3) is 0 Å². The molecule has 1 unspecified atom stereocenters. The third-order valence-corrected chi connectivity index (χ3v) is 3.79. The first kappa shape index (κ1) is 23.2. The summed E-state index contributed by atoms with van der Waals surface area (Å²) in [5.41, 5.74) is 5.25. The van der Waals surface area contributed by atoms with E-state index in [4.69, 9.17) is 4.74 Å². The molecule has 0 aliphatic carbocycles. The monoisotopic (exact) mass is 344 g/mol. The van der Waals surface area contributed by atoms with Crippen molar-refractivity contribution in [3.63, 3.8) is 0 Å². The summed E-state index contributed by atoms with van der Waals surface area (Å²) in [5.74, 6) is -0.367. The van der Waals surface area contributed by atoms with E-state index in [1.807, 2.05) is 0 Å². The summed E-state index contributed by atoms with van der Waals surface area (Å²) >= 11 is 0. The standard InChI is InChI=1S/C23H36O2/c1-8-23(24)25-22(17-21(7)14-10-12-19(4)5)16-15-20(6)13-9-11-18(2)3/h8,11-12,15,17,22H,1,9-10,13-14,16H2,2-7H3/b20-15+,21-17+. The molecule has 0 saturated carbocycles. The Labute approximate surface area is 155 Å². The van der Waals surface area contributed by atoms with Gasteiger partial charge in [0.15, 0.2) is 0 Å². The molecule has 0 aromatic carbocycles. The van der Waals surface area contributed by atoms with Gasteiger partial charge in [0.1, 0.15) is 6.10 Å². The number of carbonyl (C=O) groups is 1. The van der Waals surface area contributed by atoms with Crippen molar-refractivity contribution in [2.45, 2.75) is 79.8 Å². The van der Waals surface area contributed by atoms with Crippen LogP contribution in [-0.4, -0.2) is 12.1 Å².